The van der Waals surface area contributed by atoms with Gasteiger partial charge in [0.25, 0.3) is 5.91 Å². The van der Waals surface area contributed by atoms with Crippen LogP contribution >= 0.6 is 11.7 Å². The lowest BCUT2D eigenvalue weighted by molar-refractivity contribution is 0.0696. The van der Waals surface area contributed by atoms with Crippen LogP contribution < -0.4 is 10.1 Å². The molecule has 19 heavy (non-hydrogen) atoms. The van der Waals surface area contributed by atoms with E-state index in [0.717, 1.165) is 11.7 Å². The van der Waals surface area contributed by atoms with Crippen molar-refractivity contribution in [3.8, 4) is 5.75 Å². The number of anilines is 1. The molecule has 1 amide bonds. The Morgan fingerprint density at radius 2 is 2.21 bits per heavy atom. The molecule has 0 fully saturated rings. The van der Waals surface area contributed by atoms with Crippen molar-refractivity contribution < 1.29 is 19.4 Å². The Balaban J connectivity index is 2.30. The Bertz CT molecular complexity index is 612. The second-order valence-corrected chi connectivity index (χ2v) is 4.02. The molecule has 0 aliphatic rings. The van der Waals surface area contributed by atoms with Crippen LogP contribution in [0.5, 0.6) is 5.75 Å². The van der Waals surface area contributed by atoms with Crippen molar-refractivity contribution in [2.75, 3.05) is 12.4 Å². The SMILES string of the molecule is COc1ccc(C(=O)O)cc1NC(=O)c1cnsn1. The molecule has 0 aliphatic heterocycles. The minimum Gasteiger partial charge on any atom is -0.495 e. The molecular weight excluding hydrogens is 270 g/mol. The lowest BCUT2D eigenvalue weighted by Crippen LogP contribution is -2.13. The molecule has 0 saturated heterocycles. The molecule has 1 heterocycles. The molecular formula is C11H9N3O4S. The second kappa shape index (κ2) is 5.44. The van der Waals surface area contributed by atoms with Crippen molar-refractivity contribution in [2.45, 2.75) is 0 Å². The molecule has 98 valence electrons. The van der Waals surface area contributed by atoms with Gasteiger partial charge in [0.2, 0.25) is 0 Å². The van der Waals surface area contributed by atoms with Gasteiger partial charge in [0.05, 0.1) is 36.3 Å². The van der Waals surface area contributed by atoms with Gasteiger partial charge in [-0.05, 0) is 18.2 Å². The first-order valence-electron chi connectivity index (χ1n) is 5.12. The van der Waals surface area contributed by atoms with Gasteiger partial charge in [-0.2, -0.15) is 8.75 Å². The summed E-state index contributed by atoms with van der Waals surface area (Å²) in [5.41, 5.74) is 0.473. The zero-order valence-electron chi connectivity index (χ0n) is 9.78. The standard InChI is InChI=1S/C11H9N3O4S/c1-18-9-3-2-6(11(16)17)4-7(9)13-10(15)8-5-12-19-14-8/h2-5H,1H3,(H,13,15)(H,16,17). The Kier molecular flexibility index (Phi) is 3.71. The molecule has 1 aromatic carbocycles. The van der Waals surface area contributed by atoms with Crippen molar-refractivity contribution in [3.05, 3.63) is 35.7 Å². The number of carbonyl (C=O) groups excluding carboxylic acids is 1. The van der Waals surface area contributed by atoms with Crippen molar-refractivity contribution >= 4 is 29.3 Å². The summed E-state index contributed by atoms with van der Waals surface area (Å²) in [5, 5.41) is 11.5. The number of benzene rings is 1. The Morgan fingerprint density at radius 1 is 1.42 bits per heavy atom. The van der Waals surface area contributed by atoms with Crippen LogP contribution in [0.3, 0.4) is 0 Å². The fourth-order valence-corrected chi connectivity index (χ4v) is 1.80. The van der Waals surface area contributed by atoms with Crippen LogP contribution in [0.15, 0.2) is 24.4 Å². The second-order valence-electron chi connectivity index (χ2n) is 3.47. The molecule has 2 rings (SSSR count). The van der Waals surface area contributed by atoms with Crippen LogP contribution in [-0.2, 0) is 0 Å². The first-order valence-corrected chi connectivity index (χ1v) is 5.85. The number of aromatic carboxylic acids is 1. The average molecular weight is 279 g/mol. The molecule has 7 nitrogen and oxygen atoms in total. The van der Waals surface area contributed by atoms with Crippen LogP contribution in [0, 0.1) is 0 Å². The maximum Gasteiger partial charge on any atom is 0.335 e. The number of hydrogen-bond acceptors (Lipinski definition) is 6. The van der Waals surface area contributed by atoms with Gasteiger partial charge < -0.3 is 15.2 Å². The summed E-state index contributed by atoms with van der Waals surface area (Å²) < 4.78 is 12.6. The molecule has 0 bridgehead atoms. The number of carboxylic acids is 1. The minimum absolute atomic E-state index is 0.0486. The normalized spacial score (nSPS) is 9.95. The number of carbonyl (C=O) groups is 2. The topological polar surface area (TPSA) is 101 Å². The van der Waals surface area contributed by atoms with Gasteiger partial charge in [0.15, 0.2) is 5.69 Å². The van der Waals surface area contributed by atoms with Crippen molar-refractivity contribution in [1.82, 2.24) is 8.75 Å². The van der Waals surface area contributed by atoms with E-state index in [2.05, 4.69) is 14.1 Å². The number of carboxylic acid groups (broad SMARTS) is 1. The summed E-state index contributed by atoms with van der Waals surface area (Å²) in [6.07, 6.45) is 1.33. The molecule has 0 unspecified atom stereocenters. The Labute approximate surface area is 112 Å². The third-order valence-electron chi connectivity index (χ3n) is 2.29. The van der Waals surface area contributed by atoms with E-state index in [1.54, 1.807) is 0 Å². The van der Waals surface area contributed by atoms with Crippen molar-refractivity contribution in [3.63, 3.8) is 0 Å². The molecule has 0 radical (unpaired) electrons. The van der Waals surface area contributed by atoms with E-state index in [0.29, 0.717) is 5.75 Å². The summed E-state index contributed by atoms with van der Waals surface area (Å²) in [7, 11) is 1.43. The summed E-state index contributed by atoms with van der Waals surface area (Å²) >= 11 is 0.910. The van der Waals surface area contributed by atoms with E-state index in [9.17, 15) is 9.59 Å². The highest BCUT2D eigenvalue weighted by Crippen LogP contribution is 2.26. The average Bonchev–Trinajstić information content (AvgIpc) is 2.92. The van der Waals surface area contributed by atoms with Crippen LogP contribution in [0.4, 0.5) is 5.69 Å². The van der Waals surface area contributed by atoms with Crippen molar-refractivity contribution in [1.29, 1.82) is 0 Å². The van der Waals surface area contributed by atoms with E-state index < -0.39 is 11.9 Å². The summed E-state index contributed by atoms with van der Waals surface area (Å²) in [4.78, 5) is 22.7. The molecule has 2 N–H and O–H groups in total. The van der Waals surface area contributed by atoms with E-state index in [1.807, 2.05) is 0 Å². The number of aromatic nitrogens is 2. The first-order chi connectivity index (χ1) is 9.11. The number of rotatable bonds is 4. The van der Waals surface area contributed by atoms with E-state index in [1.165, 1.54) is 31.5 Å². The number of nitrogens with zero attached hydrogens (tertiary/aromatic N) is 2. The van der Waals surface area contributed by atoms with Gasteiger partial charge >= 0.3 is 5.97 Å². The predicted molar refractivity (Wildman–Crippen MR) is 67.8 cm³/mol. The summed E-state index contributed by atoms with van der Waals surface area (Å²) in [5.74, 6) is -1.20. The highest BCUT2D eigenvalue weighted by molar-refractivity contribution is 6.99. The zero-order chi connectivity index (χ0) is 13.8. The van der Waals surface area contributed by atoms with Crippen molar-refractivity contribution in [2.24, 2.45) is 0 Å². The lowest BCUT2D eigenvalue weighted by atomic mass is 10.2. The molecule has 2 aromatic rings. The predicted octanol–water partition coefficient (Wildman–Crippen LogP) is 1.50. The van der Waals surface area contributed by atoms with Gasteiger partial charge in [-0.25, -0.2) is 4.79 Å². The Morgan fingerprint density at radius 3 is 2.79 bits per heavy atom. The largest absolute Gasteiger partial charge is 0.495 e. The number of methoxy groups -OCH3 is 1. The number of ether oxygens (including phenoxy) is 1. The fourth-order valence-electron chi connectivity index (χ4n) is 1.39. The zero-order valence-corrected chi connectivity index (χ0v) is 10.6. The number of nitrogens with one attached hydrogen (secondary N) is 1. The minimum atomic E-state index is -1.09. The third kappa shape index (κ3) is 2.86. The van der Waals surface area contributed by atoms with Gasteiger partial charge in [0.1, 0.15) is 5.75 Å². The van der Waals surface area contributed by atoms with Gasteiger partial charge in [-0.15, -0.1) is 0 Å². The molecule has 0 saturated carbocycles. The number of hydrogen-bond donors (Lipinski definition) is 2. The van der Waals surface area contributed by atoms with Gasteiger partial charge in [-0.1, -0.05) is 0 Å². The third-order valence-corrected chi connectivity index (χ3v) is 2.77. The fraction of sp³-hybridized carbons (Fsp3) is 0.0909. The quantitative estimate of drug-likeness (QED) is 0.879. The van der Waals surface area contributed by atoms with Crippen LogP contribution in [0.1, 0.15) is 20.8 Å². The van der Waals surface area contributed by atoms with E-state index >= 15 is 0 Å². The maximum atomic E-state index is 11.8. The Hall–Kier alpha value is -2.48. The highest BCUT2D eigenvalue weighted by atomic mass is 32.1. The van der Waals surface area contributed by atoms with Crippen LogP contribution in [0.25, 0.3) is 0 Å². The monoisotopic (exact) mass is 279 g/mol. The van der Waals surface area contributed by atoms with Crippen LogP contribution in [0.2, 0.25) is 0 Å². The molecule has 8 heteroatoms. The number of amides is 1. The maximum absolute atomic E-state index is 11.8. The first kappa shape index (κ1) is 13.0. The lowest BCUT2D eigenvalue weighted by Gasteiger charge is -2.09. The van der Waals surface area contributed by atoms with Gasteiger partial charge in [-0.3, -0.25) is 4.79 Å². The van der Waals surface area contributed by atoms with Gasteiger partial charge in [0, 0.05) is 0 Å². The van der Waals surface area contributed by atoms with E-state index in [-0.39, 0.29) is 16.9 Å². The molecule has 0 aliphatic carbocycles. The molecule has 0 atom stereocenters. The molecule has 0 spiro atoms. The smallest absolute Gasteiger partial charge is 0.335 e. The summed E-state index contributed by atoms with van der Waals surface area (Å²) in [6, 6.07) is 4.18. The molecule has 1 aromatic heterocycles. The summed E-state index contributed by atoms with van der Waals surface area (Å²) in [6.45, 7) is 0. The highest BCUT2D eigenvalue weighted by Gasteiger charge is 2.14. The van der Waals surface area contributed by atoms with E-state index in [4.69, 9.17) is 9.84 Å². The van der Waals surface area contributed by atoms with Crippen LogP contribution in [-0.4, -0.2) is 32.8 Å².